The fraction of sp³-hybridized carbons (Fsp3) is 1.00. The van der Waals surface area contributed by atoms with Crippen molar-refractivity contribution in [3.63, 3.8) is 0 Å². The Hall–Kier alpha value is -0.120. The van der Waals surface area contributed by atoms with Crippen LogP contribution in [0.4, 0.5) is 0 Å². The Labute approximate surface area is 82.7 Å². The standard InChI is InChI=1S/C6H14N2O.2C2H6/c1-6(9)4-8-3-5(6)2-7;2*1-2/h5,8-9H,2-4,7H2,1H3;2*1-2H3. The Bertz CT molecular complexity index is 105. The van der Waals surface area contributed by atoms with E-state index < -0.39 is 5.60 Å². The summed E-state index contributed by atoms with van der Waals surface area (Å²) in [6, 6.07) is 0. The highest BCUT2D eigenvalue weighted by molar-refractivity contribution is 4.91. The van der Waals surface area contributed by atoms with Crippen LogP contribution in [0.2, 0.25) is 0 Å². The van der Waals surface area contributed by atoms with Crippen LogP contribution in [0.5, 0.6) is 0 Å². The number of hydrogen-bond donors (Lipinski definition) is 3. The van der Waals surface area contributed by atoms with E-state index in [-0.39, 0.29) is 5.92 Å². The van der Waals surface area contributed by atoms with Gasteiger partial charge in [-0.2, -0.15) is 0 Å². The first kappa shape index (κ1) is 15.4. The van der Waals surface area contributed by atoms with Gasteiger partial charge < -0.3 is 16.2 Å². The molecule has 1 aliphatic heterocycles. The molecular weight excluding hydrogens is 164 g/mol. The van der Waals surface area contributed by atoms with Crippen molar-refractivity contribution >= 4 is 0 Å². The van der Waals surface area contributed by atoms with E-state index in [9.17, 15) is 5.11 Å². The molecule has 0 bridgehead atoms. The molecule has 0 radical (unpaired) electrons. The minimum atomic E-state index is -0.575. The lowest BCUT2D eigenvalue weighted by Gasteiger charge is -2.22. The van der Waals surface area contributed by atoms with Crippen LogP contribution in [0.25, 0.3) is 0 Å². The van der Waals surface area contributed by atoms with E-state index >= 15 is 0 Å². The minimum Gasteiger partial charge on any atom is -0.388 e. The summed E-state index contributed by atoms with van der Waals surface area (Å²) in [6.45, 7) is 11.9. The van der Waals surface area contributed by atoms with Gasteiger partial charge in [0.05, 0.1) is 5.60 Å². The van der Waals surface area contributed by atoms with Crippen molar-refractivity contribution in [1.82, 2.24) is 5.32 Å². The van der Waals surface area contributed by atoms with E-state index in [2.05, 4.69) is 5.32 Å². The third kappa shape index (κ3) is 5.24. The van der Waals surface area contributed by atoms with Gasteiger partial charge in [-0.25, -0.2) is 0 Å². The molecule has 13 heavy (non-hydrogen) atoms. The molecule has 0 aromatic rings. The van der Waals surface area contributed by atoms with Crippen LogP contribution < -0.4 is 11.1 Å². The molecule has 0 saturated carbocycles. The Kier molecular flexibility index (Phi) is 10.0. The molecule has 0 aliphatic carbocycles. The van der Waals surface area contributed by atoms with Gasteiger partial charge in [0.15, 0.2) is 0 Å². The molecule has 0 aromatic carbocycles. The first-order valence-corrected chi connectivity index (χ1v) is 5.30. The Morgan fingerprint density at radius 3 is 2.00 bits per heavy atom. The molecule has 4 N–H and O–H groups in total. The van der Waals surface area contributed by atoms with Crippen LogP contribution in [0.3, 0.4) is 0 Å². The minimum absolute atomic E-state index is 0.234. The number of nitrogens with two attached hydrogens (primary N) is 1. The Morgan fingerprint density at radius 1 is 1.38 bits per heavy atom. The van der Waals surface area contributed by atoms with E-state index in [1.807, 2.05) is 34.6 Å². The second kappa shape index (κ2) is 8.48. The third-order valence-corrected chi connectivity index (χ3v) is 2.04. The molecular formula is C10H26N2O. The SMILES string of the molecule is CC.CC.CC1(O)CNCC1CN. The van der Waals surface area contributed by atoms with Gasteiger partial charge >= 0.3 is 0 Å². The van der Waals surface area contributed by atoms with Crippen molar-refractivity contribution in [1.29, 1.82) is 0 Å². The lowest BCUT2D eigenvalue weighted by molar-refractivity contribution is 0.0396. The second-order valence-corrected chi connectivity index (χ2v) is 2.92. The molecule has 0 amide bonds. The topological polar surface area (TPSA) is 58.3 Å². The second-order valence-electron chi connectivity index (χ2n) is 2.92. The average molecular weight is 190 g/mol. The third-order valence-electron chi connectivity index (χ3n) is 2.04. The van der Waals surface area contributed by atoms with Gasteiger partial charge in [0.1, 0.15) is 0 Å². The molecule has 2 unspecified atom stereocenters. The zero-order valence-corrected chi connectivity index (χ0v) is 9.72. The molecule has 1 heterocycles. The molecule has 0 spiro atoms. The van der Waals surface area contributed by atoms with Crippen molar-refractivity contribution < 1.29 is 5.11 Å². The summed E-state index contributed by atoms with van der Waals surface area (Å²) in [5.74, 6) is 0.234. The molecule has 2 atom stereocenters. The normalized spacial score (nSPS) is 31.2. The molecule has 1 rings (SSSR count). The Morgan fingerprint density at radius 2 is 1.85 bits per heavy atom. The molecule has 82 valence electrons. The maximum atomic E-state index is 9.51. The summed E-state index contributed by atoms with van der Waals surface area (Å²) >= 11 is 0. The lowest BCUT2D eigenvalue weighted by Crippen LogP contribution is -2.37. The summed E-state index contributed by atoms with van der Waals surface area (Å²) in [5, 5.41) is 12.6. The van der Waals surface area contributed by atoms with E-state index in [1.54, 1.807) is 0 Å². The molecule has 1 saturated heterocycles. The van der Waals surface area contributed by atoms with Crippen LogP contribution in [-0.2, 0) is 0 Å². The predicted molar refractivity (Wildman–Crippen MR) is 58.7 cm³/mol. The van der Waals surface area contributed by atoms with Crippen LogP contribution in [0, 0.1) is 5.92 Å². The van der Waals surface area contributed by atoms with Crippen LogP contribution in [0.15, 0.2) is 0 Å². The highest BCUT2D eigenvalue weighted by Gasteiger charge is 2.35. The number of β-amino-alcohol motifs (C(OH)–C–C–N with tert-alkyl or cyclic N) is 1. The summed E-state index contributed by atoms with van der Waals surface area (Å²) < 4.78 is 0. The van der Waals surface area contributed by atoms with Crippen molar-refractivity contribution in [2.45, 2.75) is 40.2 Å². The fourth-order valence-corrected chi connectivity index (χ4v) is 1.20. The molecule has 3 heteroatoms. The van der Waals surface area contributed by atoms with Gasteiger partial charge in [-0.05, 0) is 13.5 Å². The first-order chi connectivity index (χ1) is 6.17. The van der Waals surface area contributed by atoms with Gasteiger partial charge in [-0.15, -0.1) is 0 Å². The van der Waals surface area contributed by atoms with Gasteiger partial charge in [0.25, 0.3) is 0 Å². The summed E-state index contributed by atoms with van der Waals surface area (Å²) in [4.78, 5) is 0. The largest absolute Gasteiger partial charge is 0.388 e. The van der Waals surface area contributed by atoms with Gasteiger partial charge in [0.2, 0.25) is 0 Å². The molecule has 0 aromatic heterocycles. The van der Waals surface area contributed by atoms with E-state index in [0.717, 1.165) is 6.54 Å². The van der Waals surface area contributed by atoms with E-state index in [0.29, 0.717) is 13.1 Å². The van der Waals surface area contributed by atoms with Gasteiger partial charge in [0, 0.05) is 19.0 Å². The number of rotatable bonds is 1. The fourth-order valence-electron chi connectivity index (χ4n) is 1.20. The van der Waals surface area contributed by atoms with E-state index in [4.69, 9.17) is 5.73 Å². The monoisotopic (exact) mass is 190 g/mol. The van der Waals surface area contributed by atoms with Crippen LogP contribution >= 0.6 is 0 Å². The average Bonchev–Trinajstić information content (AvgIpc) is 2.51. The van der Waals surface area contributed by atoms with Gasteiger partial charge in [-0.1, -0.05) is 27.7 Å². The Balaban J connectivity index is 0. The molecule has 1 fully saturated rings. The highest BCUT2D eigenvalue weighted by Crippen LogP contribution is 2.19. The zero-order valence-electron chi connectivity index (χ0n) is 9.72. The first-order valence-electron chi connectivity index (χ1n) is 5.30. The van der Waals surface area contributed by atoms with Gasteiger partial charge in [-0.3, -0.25) is 0 Å². The maximum absolute atomic E-state index is 9.51. The van der Waals surface area contributed by atoms with Crippen molar-refractivity contribution in [3.8, 4) is 0 Å². The highest BCUT2D eigenvalue weighted by atomic mass is 16.3. The van der Waals surface area contributed by atoms with Crippen molar-refractivity contribution in [2.75, 3.05) is 19.6 Å². The van der Waals surface area contributed by atoms with Crippen molar-refractivity contribution in [3.05, 3.63) is 0 Å². The number of aliphatic hydroxyl groups is 1. The zero-order chi connectivity index (χ0) is 10.9. The van der Waals surface area contributed by atoms with Crippen LogP contribution in [0.1, 0.15) is 34.6 Å². The summed E-state index contributed by atoms with van der Waals surface area (Å²) in [5.41, 5.74) is 4.83. The number of nitrogens with one attached hydrogen (secondary N) is 1. The van der Waals surface area contributed by atoms with Crippen molar-refractivity contribution in [2.24, 2.45) is 11.7 Å². The quantitative estimate of drug-likeness (QED) is 0.577. The predicted octanol–water partition coefficient (Wildman–Crippen LogP) is 0.968. The molecule has 1 aliphatic rings. The summed E-state index contributed by atoms with van der Waals surface area (Å²) in [7, 11) is 0. The molecule has 3 nitrogen and oxygen atoms in total. The van der Waals surface area contributed by atoms with Crippen LogP contribution in [-0.4, -0.2) is 30.3 Å². The maximum Gasteiger partial charge on any atom is 0.0795 e. The van der Waals surface area contributed by atoms with E-state index in [1.165, 1.54) is 0 Å². The number of hydrogen-bond acceptors (Lipinski definition) is 3. The lowest BCUT2D eigenvalue weighted by atomic mass is 9.93. The smallest absolute Gasteiger partial charge is 0.0795 e. The summed E-state index contributed by atoms with van der Waals surface area (Å²) in [6.07, 6.45) is 0.